The molecule has 0 amide bonds. The van der Waals surface area contributed by atoms with Crippen molar-refractivity contribution >= 4 is 23.2 Å². The summed E-state index contributed by atoms with van der Waals surface area (Å²) in [6.07, 6.45) is 2.68. The molecule has 0 bridgehead atoms. The molecule has 0 saturated heterocycles. The van der Waals surface area contributed by atoms with E-state index < -0.39 is 0 Å². The molecule has 100 valence electrons. The van der Waals surface area contributed by atoms with Crippen LogP contribution in [0, 0.1) is 0 Å². The van der Waals surface area contributed by atoms with Gasteiger partial charge in [0, 0.05) is 16.1 Å². The molecule has 0 aliphatic carbocycles. The predicted octanol–water partition coefficient (Wildman–Crippen LogP) is 4.50. The fraction of sp³-hybridized carbons (Fsp3) is 0.250. The number of benzene rings is 2. The van der Waals surface area contributed by atoms with E-state index >= 15 is 0 Å². The normalized spacial score (nSPS) is 12.4. The van der Waals surface area contributed by atoms with Gasteiger partial charge in [0.15, 0.2) is 0 Å². The Morgan fingerprint density at radius 2 is 1.74 bits per heavy atom. The summed E-state index contributed by atoms with van der Waals surface area (Å²) < 4.78 is 0. The summed E-state index contributed by atoms with van der Waals surface area (Å²) >= 11 is 12.1. The molecule has 1 atom stereocenters. The van der Waals surface area contributed by atoms with Crippen LogP contribution in [0.15, 0.2) is 48.5 Å². The Hall–Kier alpha value is -1.02. The van der Waals surface area contributed by atoms with Crippen LogP contribution in [-0.2, 0) is 12.8 Å². The highest BCUT2D eigenvalue weighted by atomic mass is 35.5. The first kappa shape index (κ1) is 14.4. The largest absolute Gasteiger partial charge is 0.327 e. The van der Waals surface area contributed by atoms with E-state index in [4.69, 9.17) is 28.9 Å². The maximum absolute atomic E-state index is 6.17. The summed E-state index contributed by atoms with van der Waals surface area (Å²) in [5.41, 5.74) is 8.51. The Balaban J connectivity index is 1.90. The molecule has 0 aliphatic rings. The summed E-state index contributed by atoms with van der Waals surface area (Å²) in [6, 6.07) is 16.0. The van der Waals surface area contributed by atoms with E-state index in [1.54, 1.807) is 6.07 Å². The molecule has 0 saturated carbocycles. The van der Waals surface area contributed by atoms with Crippen LogP contribution in [0.1, 0.15) is 17.5 Å². The van der Waals surface area contributed by atoms with Crippen molar-refractivity contribution in [3.8, 4) is 0 Å². The van der Waals surface area contributed by atoms with E-state index in [-0.39, 0.29) is 6.04 Å². The Morgan fingerprint density at radius 3 is 2.47 bits per heavy atom. The highest BCUT2D eigenvalue weighted by molar-refractivity contribution is 6.33. The summed E-state index contributed by atoms with van der Waals surface area (Å²) in [6.45, 7) is 0. The average Bonchev–Trinajstić information content (AvgIpc) is 2.42. The van der Waals surface area contributed by atoms with Gasteiger partial charge in [-0.05, 0) is 48.6 Å². The van der Waals surface area contributed by atoms with Gasteiger partial charge in [0.25, 0.3) is 0 Å². The van der Waals surface area contributed by atoms with Crippen molar-refractivity contribution in [2.75, 3.05) is 0 Å². The monoisotopic (exact) mass is 293 g/mol. The van der Waals surface area contributed by atoms with Crippen molar-refractivity contribution in [3.63, 3.8) is 0 Å². The van der Waals surface area contributed by atoms with Gasteiger partial charge in [-0.3, -0.25) is 0 Å². The Labute approximate surface area is 124 Å². The van der Waals surface area contributed by atoms with Crippen LogP contribution in [0.25, 0.3) is 0 Å². The third-order valence-corrected chi connectivity index (χ3v) is 3.74. The molecule has 0 heterocycles. The van der Waals surface area contributed by atoms with Gasteiger partial charge in [0.2, 0.25) is 0 Å². The number of aryl methyl sites for hydroxylation is 1. The van der Waals surface area contributed by atoms with Gasteiger partial charge in [0.05, 0.1) is 0 Å². The van der Waals surface area contributed by atoms with Crippen LogP contribution in [0.5, 0.6) is 0 Å². The quantitative estimate of drug-likeness (QED) is 0.863. The summed E-state index contributed by atoms with van der Waals surface area (Å²) in [5.74, 6) is 0. The zero-order valence-corrected chi connectivity index (χ0v) is 12.2. The molecule has 2 aromatic carbocycles. The highest BCUT2D eigenvalue weighted by Gasteiger charge is 2.08. The van der Waals surface area contributed by atoms with E-state index in [1.165, 1.54) is 5.56 Å². The molecule has 0 radical (unpaired) electrons. The van der Waals surface area contributed by atoms with Crippen LogP contribution in [0.2, 0.25) is 10.0 Å². The third-order valence-electron chi connectivity index (χ3n) is 3.14. The molecule has 0 fully saturated rings. The topological polar surface area (TPSA) is 26.0 Å². The molecule has 0 spiro atoms. The first-order valence-electron chi connectivity index (χ1n) is 6.38. The Morgan fingerprint density at radius 1 is 1.00 bits per heavy atom. The number of nitrogens with two attached hydrogens (primary N) is 1. The lowest BCUT2D eigenvalue weighted by Gasteiger charge is -2.13. The maximum Gasteiger partial charge on any atom is 0.0439 e. The van der Waals surface area contributed by atoms with E-state index in [2.05, 4.69) is 24.3 Å². The van der Waals surface area contributed by atoms with Crippen LogP contribution < -0.4 is 5.73 Å². The molecule has 2 rings (SSSR count). The maximum atomic E-state index is 6.17. The molecule has 3 heteroatoms. The molecule has 2 aromatic rings. The molecular weight excluding hydrogens is 277 g/mol. The van der Waals surface area contributed by atoms with Gasteiger partial charge in [-0.25, -0.2) is 0 Å². The van der Waals surface area contributed by atoms with Crippen LogP contribution >= 0.6 is 23.2 Å². The van der Waals surface area contributed by atoms with Gasteiger partial charge < -0.3 is 5.73 Å². The number of halogens is 2. The fourth-order valence-electron chi connectivity index (χ4n) is 2.08. The fourth-order valence-corrected chi connectivity index (χ4v) is 2.47. The van der Waals surface area contributed by atoms with Crippen molar-refractivity contribution in [1.29, 1.82) is 0 Å². The Bertz CT molecular complexity index is 526. The lowest BCUT2D eigenvalue weighted by atomic mass is 10.00. The third kappa shape index (κ3) is 4.54. The van der Waals surface area contributed by atoms with Gasteiger partial charge in [0.1, 0.15) is 0 Å². The molecule has 1 unspecified atom stereocenters. The molecule has 0 aromatic heterocycles. The zero-order valence-electron chi connectivity index (χ0n) is 10.7. The van der Waals surface area contributed by atoms with Gasteiger partial charge in [-0.15, -0.1) is 0 Å². The highest BCUT2D eigenvalue weighted by Crippen LogP contribution is 2.22. The summed E-state index contributed by atoms with van der Waals surface area (Å²) in [4.78, 5) is 0. The van der Waals surface area contributed by atoms with Gasteiger partial charge in [-0.1, -0.05) is 53.5 Å². The first-order valence-corrected chi connectivity index (χ1v) is 7.14. The molecule has 0 aliphatic heterocycles. The van der Waals surface area contributed by atoms with E-state index in [1.807, 2.05) is 18.2 Å². The van der Waals surface area contributed by atoms with E-state index in [0.717, 1.165) is 29.8 Å². The average molecular weight is 294 g/mol. The van der Waals surface area contributed by atoms with Crippen molar-refractivity contribution in [3.05, 3.63) is 69.7 Å². The standard InChI is InChI=1S/C16H17Cl2N/c17-14-7-9-16(18)13(10-14)11-15(19)8-6-12-4-2-1-3-5-12/h1-5,7,9-10,15H,6,8,11,19H2. The van der Waals surface area contributed by atoms with E-state index in [9.17, 15) is 0 Å². The zero-order chi connectivity index (χ0) is 13.7. The molecule has 1 nitrogen and oxygen atoms in total. The van der Waals surface area contributed by atoms with Crippen molar-refractivity contribution < 1.29 is 0 Å². The van der Waals surface area contributed by atoms with Crippen LogP contribution in [-0.4, -0.2) is 6.04 Å². The van der Waals surface area contributed by atoms with Gasteiger partial charge in [-0.2, -0.15) is 0 Å². The lowest BCUT2D eigenvalue weighted by molar-refractivity contribution is 0.610. The summed E-state index contributed by atoms with van der Waals surface area (Å²) in [7, 11) is 0. The minimum absolute atomic E-state index is 0.0937. The van der Waals surface area contributed by atoms with Crippen LogP contribution in [0.4, 0.5) is 0 Å². The second-order valence-electron chi connectivity index (χ2n) is 4.72. The van der Waals surface area contributed by atoms with Crippen molar-refractivity contribution in [1.82, 2.24) is 0 Å². The van der Waals surface area contributed by atoms with Crippen molar-refractivity contribution in [2.45, 2.75) is 25.3 Å². The first-order chi connectivity index (χ1) is 9.15. The number of hydrogen-bond acceptors (Lipinski definition) is 1. The second kappa shape index (κ2) is 6.95. The van der Waals surface area contributed by atoms with Crippen molar-refractivity contribution in [2.24, 2.45) is 5.73 Å². The van der Waals surface area contributed by atoms with Gasteiger partial charge >= 0.3 is 0 Å². The number of rotatable bonds is 5. The lowest BCUT2D eigenvalue weighted by Crippen LogP contribution is -2.23. The minimum atomic E-state index is 0.0937. The smallest absolute Gasteiger partial charge is 0.0439 e. The molecule has 2 N–H and O–H groups in total. The predicted molar refractivity (Wildman–Crippen MR) is 82.9 cm³/mol. The summed E-state index contributed by atoms with van der Waals surface area (Å²) in [5, 5.41) is 1.44. The second-order valence-corrected chi connectivity index (χ2v) is 5.57. The molecular formula is C16H17Cl2N. The SMILES string of the molecule is NC(CCc1ccccc1)Cc1cc(Cl)ccc1Cl. The van der Waals surface area contributed by atoms with E-state index in [0.29, 0.717) is 5.02 Å². The molecule has 19 heavy (non-hydrogen) atoms. The minimum Gasteiger partial charge on any atom is -0.327 e. The Kier molecular flexibility index (Phi) is 5.26. The van der Waals surface area contributed by atoms with Crippen LogP contribution in [0.3, 0.4) is 0 Å². The number of hydrogen-bond donors (Lipinski definition) is 1.